The number of rotatable bonds is 7. The molecule has 6 nitrogen and oxygen atoms in total. The number of ether oxygens (including phenoxy) is 1. The Bertz CT molecular complexity index is 877. The van der Waals surface area contributed by atoms with Gasteiger partial charge in [0.1, 0.15) is 5.75 Å². The number of anilines is 1. The van der Waals surface area contributed by atoms with E-state index in [9.17, 15) is 13.2 Å². The van der Waals surface area contributed by atoms with Gasteiger partial charge in [-0.2, -0.15) is 0 Å². The Labute approximate surface area is 167 Å². The fourth-order valence-electron chi connectivity index (χ4n) is 2.94. The summed E-state index contributed by atoms with van der Waals surface area (Å²) in [7, 11) is -3.69. The zero-order valence-corrected chi connectivity index (χ0v) is 17.1. The van der Waals surface area contributed by atoms with Gasteiger partial charge in [0.2, 0.25) is 0 Å². The van der Waals surface area contributed by atoms with Crippen LogP contribution in [0, 0.1) is 0 Å². The van der Waals surface area contributed by atoms with E-state index in [1.54, 1.807) is 36.4 Å². The van der Waals surface area contributed by atoms with Crippen molar-refractivity contribution in [3.63, 3.8) is 0 Å². The molecule has 0 unspecified atom stereocenters. The van der Waals surface area contributed by atoms with E-state index in [1.165, 1.54) is 12.1 Å². The van der Waals surface area contributed by atoms with E-state index < -0.39 is 10.0 Å². The van der Waals surface area contributed by atoms with E-state index in [1.807, 2.05) is 0 Å². The molecule has 1 amide bonds. The van der Waals surface area contributed by atoms with E-state index in [0.29, 0.717) is 11.4 Å². The Hall–Kier alpha value is -2.06. The largest absolute Gasteiger partial charge is 0.484 e. The highest BCUT2D eigenvalue weighted by Gasteiger charge is 2.17. The molecular formula is C19H21BrN2O4S. The van der Waals surface area contributed by atoms with Crippen molar-refractivity contribution < 1.29 is 17.9 Å². The zero-order valence-electron chi connectivity index (χ0n) is 14.7. The molecule has 2 aromatic carbocycles. The second kappa shape index (κ2) is 8.75. The summed E-state index contributed by atoms with van der Waals surface area (Å²) in [5.74, 6) is 0.287. The van der Waals surface area contributed by atoms with Gasteiger partial charge in [0, 0.05) is 16.2 Å². The van der Waals surface area contributed by atoms with Gasteiger partial charge in [0.15, 0.2) is 6.61 Å². The third kappa shape index (κ3) is 5.71. The monoisotopic (exact) mass is 452 g/mol. The summed E-state index contributed by atoms with van der Waals surface area (Å²) in [4.78, 5) is 12.0. The first-order valence-electron chi connectivity index (χ1n) is 8.73. The van der Waals surface area contributed by atoms with E-state index in [-0.39, 0.29) is 23.5 Å². The molecule has 3 rings (SSSR count). The normalized spacial score (nSPS) is 14.7. The predicted octanol–water partition coefficient (Wildman–Crippen LogP) is 3.69. The summed E-state index contributed by atoms with van der Waals surface area (Å²) in [6, 6.07) is 13.1. The molecule has 0 heterocycles. The molecule has 0 saturated heterocycles. The number of sulfonamides is 1. The van der Waals surface area contributed by atoms with Crippen molar-refractivity contribution in [3.8, 4) is 5.75 Å². The van der Waals surface area contributed by atoms with Crippen LogP contribution in [0.15, 0.2) is 57.9 Å². The fraction of sp³-hybridized carbons (Fsp3) is 0.316. The first-order valence-corrected chi connectivity index (χ1v) is 11.0. The van der Waals surface area contributed by atoms with Crippen LogP contribution in [0.25, 0.3) is 0 Å². The van der Waals surface area contributed by atoms with Crippen molar-refractivity contribution in [3.05, 3.63) is 53.0 Å². The molecule has 27 heavy (non-hydrogen) atoms. The Kier molecular flexibility index (Phi) is 6.38. The van der Waals surface area contributed by atoms with Crippen LogP contribution in [0.2, 0.25) is 0 Å². The second-order valence-electron chi connectivity index (χ2n) is 6.42. The number of hydrogen-bond donors (Lipinski definition) is 2. The molecule has 0 radical (unpaired) electrons. The van der Waals surface area contributed by atoms with Crippen molar-refractivity contribution in [1.29, 1.82) is 0 Å². The number of nitrogens with one attached hydrogen (secondary N) is 2. The summed E-state index contributed by atoms with van der Waals surface area (Å²) in [5.41, 5.74) is 0.474. The summed E-state index contributed by atoms with van der Waals surface area (Å²) in [5, 5.41) is 2.94. The highest BCUT2D eigenvalue weighted by Crippen LogP contribution is 2.21. The lowest BCUT2D eigenvalue weighted by molar-refractivity contribution is -0.123. The third-order valence-corrected chi connectivity index (χ3v) is 6.25. The maximum absolute atomic E-state index is 12.4. The van der Waals surface area contributed by atoms with E-state index in [2.05, 4.69) is 26.0 Å². The molecule has 2 N–H and O–H groups in total. The van der Waals surface area contributed by atoms with Gasteiger partial charge < -0.3 is 10.1 Å². The standard InChI is InChI=1S/C19H21BrN2O4S/c20-14-5-7-16(8-6-14)22-27(24,25)18-11-9-17(10-12-18)26-13-19(23)21-15-3-1-2-4-15/h5-12,15,22H,1-4,13H2,(H,21,23). The van der Waals surface area contributed by atoms with Gasteiger partial charge in [-0.25, -0.2) is 8.42 Å². The fourth-order valence-corrected chi connectivity index (χ4v) is 4.26. The van der Waals surface area contributed by atoms with Crippen LogP contribution in [-0.4, -0.2) is 27.0 Å². The maximum atomic E-state index is 12.4. The molecule has 0 bridgehead atoms. The van der Waals surface area contributed by atoms with E-state index >= 15 is 0 Å². The van der Waals surface area contributed by atoms with Crippen LogP contribution in [0.1, 0.15) is 25.7 Å². The lowest BCUT2D eigenvalue weighted by Gasteiger charge is -2.13. The lowest BCUT2D eigenvalue weighted by atomic mass is 10.2. The Balaban J connectivity index is 1.55. The average molecular weight is 453 g/mol. The SMILES string of the molecule is O=C(COc1ccc(S(=O)(=O)Nc2ccc(Br)cc2)cc1)NC1CCCC1. The van der Waals surface area contributed by atoms with Crippen LogP contribution >= 0.6 is 15.9 Å². The van der Waals surface area contributed by atoms with Crippen LogP contribution < -0.4 is 14.8 Å². The molecule has 0 aliphatic heterocycles. The summed E-state index contributed by atoms with van der Waals surface area (Å²) in [6.45, 7) is -0.0836. The lowest BCUT2D eigenvalue weighted by Crippen LogP contribution is -2.36. The van der Waals surface area contributed by atoms with Crippen molar-refractivity contribution in [2.75, 3.05) is 11.3 Å². The minimum absolute atomic E-state index is 0.0836. The highest BCUT2D eigenvalue weighted by molar-refractivity contribution is 9.10. The first-order chi connectivity index (χ1) is 12.9. The average Bonchev–Trinajstić information content (AvgIpc) is 3.15. The minimum Gasteiger partial charge on any atom is -0.484 e. The molecule has 1 aliphatic rings. The zero-order chi connectivity index (χ0) is 19.3. The summed E-state index contributed by atoms with van der Waals surface area (Å²) in [6.07, 6.45) is 4.33. The van der Waals surface area contributed by atoms with Crippen molar-refractivity contribution in [2.45, 2.75) is 36.6 Å². The molecule has 1 fully saturated rings. The second-order valence-corrected chi connectivity index (χ2v) is 9.02. The van der Waals surface area contributed by atoms with Gasteiger partial charge in [0.25, 0.3) is 15.9 Å². The quantitative estimate of drug-likeness (QED) is 0.670. The van der Waals surface area contributed by atoms with Gasteiger partial charge in [-0.15, -0.1) is 0 Å². The first kappa shape index (κ1) is 19.7. The molecule has 0 spiro atoms. The topological polar surface area (TPSA) is 84.5 Å². The number of halogens is 1. The number of hydrogen-bond acceptors (Lipinski definition) is 4. The Morgan fingerprint density at radius 2 is 1.67 bits per heavy atom. The smallest absolute Gasteiger partial charge is 0.261 e. The molecule has 2 aromatic rings. The van der Waals surface area contributed by atoms with Crippen LogP contribution in [0.3, 0.4) is 0 Å². The van der Waals surface area contributed by atoms with Crippen molar-refractivity contribution >= 4 is 37.5 Å². The molecule has 1 saturated carbocycles. The minimum atomic E-state index is -3.69. The van der Waals surface area contributed by atoms with Gasteiger partial charge >= 0.3 is 0 Å². The number of carbonyl (C=O) groups excluding carboxylic acids is 1. The number of carbonyl (C=O) groups is 1. The van der Waals surface area contributed by atoms with Crippen molar-refractivity contribution in [1.82, 2.24) is 5.32 Å². The Morgan fingerprint density at radius 1 is 1.04 bits per heavy atom. The Morgan fingerprint density at radius 3 is 2.30 bits per heavy atom. The third-order valence-electron chi connectivity index (χ3n) is 4.32. The number of benzene rings is 2. The molecule has 0 aromatic heterocycles. The van der Waals surface area contributed by atoms with Gasteiger partial charge in [-0.05, 0) is 61.4 Å². The summed E-state index contributed by atoms with van der Waals surface area (Å²) >= 11 is 3.31. The number of amides is 1. The van der Waals surface area contributed by atoms with E-state index in [4.69, 9.17) is 4.74 Å². The summed E-state index contributed by atoms with van der Waals surface area (Å²) < 4.78 is 33.7. The van der Waals surface area contributed by atoms with E-state index in [0.717, 1.165) is 30.2 Å². The molecule has 8 heteroatoms. The van der Waals surface area contributed by atoms with Crippen LogP contribution in [0.4, 0.5) is 5.69 Å². The highest BCUT2D eigenvalue weighted by atomic mass is 79.9. The van der Waals surface area contributed by atoms with Gasteiger partial charge in [-0.3, -0.25) is 9.52 Å². The molecule has 0 atom stereocenters. The van der Waals surface area contributed by atoms with Crippen LogP contribution in [0.5, 0.6) is 5.75 Å². The molecular weight excluding hydrogens is 432 g/mol. The van der Waals surface area contributed by atoms with Gasteiger partial charge in [-0.1, -0.05) is 28.8 Å². The van der Waals surface area contributed by atoms with Crippen LogP contribution in [-0.2, 0) is 14.8 Å². The molecule has 1 aliphatic carbocycles. The maximum Gasteiger partial charge on any atom is 0.261 e. The predicted molar refractivity (Wildman–Crippen MR) is 107 cm³/mol. The van der Waals surface area contributed by atoms with Gasteiger partial charge in [0.05, 0.1) is 4.90 Å². The van der Waals surface area contributed by atoms with Crippen molar-refractivity contribution in [2.24, 2.45) is 0 Å². The molecule has 144 valence electrons.